The van der Waals surface area contributed by atoms with Gasteiger partial charge in [0.1, 0.15) is 0 Å². The molecule has 0 radical (unpaired) electrons. The van der Waals surface area contributed by atoms with Gasteiger partial charge in [0.15, 0.2) is 0 Å². The Balaban J connectivity index is 1.90. The van der Waals surface area contributed by atoms with Crippen molar-refractivity contribution in [2.75, 3.05) is 13.2 Å². The van der Waals surface area contributed by atoms with Crippen LogP contribution in [0.15, 0.2) is 11.9 Å². The molecule has 1 heterocycles. The third-order valence-corrected chi connectivity index (χ3v) is 2.28. The minimum Gasteiger partial charge on any atom is -0.372 e. The van der Waals surface area contributed by atoms with Crippen molar-refractivity contribution in [2.24, 2.45) is 17.6 Å². The summed E-state index contributed by atoms with van der Waals surface area (Å²) in [6, 6.07) is 0. The van der Waals surface area contributed by atoms with Gasteiger partial charge in [-0.2, -0.15) is 0 Å². The molecule has 1 fully saturated rings. The Morgan fingerprint density at radius 3 is 3.10 bits per heavy atom. The van der Waals surface area contributed by atoms with E-state index < -0.39 is 0 Å². The maximum atomic E-state index is 5.52. The van der Waals surface area contributed by atoms with E-state index >= 15 is 0 Å². The predicted molar refractivity (Wildman–Crippen MR) is 39.9 cm³/mol. The summed E-state index contributed by atoms with van der Waals surface area (Å²) in [5, 5.41) is 6.40. The fourth-order valence-corrected chi connectivity index (χ4v) is 1.49. The van der Waals surface area contributed by atoms with Gasteiger partial charge in [0.25, 0.3) is 0 Å². The highest BCUT2D eigenvalue weighted by molar-refractivity contribution is 5.16. The first-order chi connectivity index (χ1) is 4.92. The average molecular weight is 139 g/mol. The van der Waals surface area contributed by atoms with Crippen LogP contribution in [0.25, 0.3) is 0 Å². The summed E-state index contributed by atoms with van der Waals surface area (Å²) in [7, 11) is 0. The van der Waals surface area contributed by atoms with E-state index in [9.17, 15) is 0 Å². The van der Waals surface area contributed by atoms with E-state index in [0.717, 1.165) is 25.0 Å². The molecule has 0 spiro atoms. The highest BCUT2D eigenvalue weighted by atomic mass is 15.1. The van der Waals surface area contributed by atoms with E-state index in [1.165, 1.54) is 12.1 Å². The van der Waals surface area contributed by atoms with Gasteiger partial charge in [0.2, 0.25) is 0 Å². The summed E-state index contributed by atoms with van der Waals surface area (Å²) in [6.07, 6.45) is 3.34. The summed E-state index contributed by atoms with van der Waals surface area (Å²) in [5.74, 6) is 1.48. The second-order valence-electron chi connectivity index (χ2n) is 3.00. The van der Waals surface area contributed by atoms with Gasteiger partial charge in [-0.3, -0.25) is 0 Å². The second kappa shape index (κ2) is 2.16. The second-order valence-corrected chi connectivity index (χ2v) is 3.00. The van der Waals surface area contributed by atoms with Crippen LogP contribution in [0.4, 0.5) is 0 Å². The zero-order chi connectivity index (χ0) is 6.97. The molecule has 1 saturated carbocycles. The lowest BCUT2D eigenvalue weighted by Crippen LogP contribution is -2.16. The maximum absolute atomic E-state index is 5.52. The van der Waals surface area contributed by atoms with Gasteiger partial charge in [-0.05, 0) is 18.9 Å². The minimum atomic E-state index is 0.736. The van der Waals surface area contributed by atoms with Crippen LogP contribution in [-0.2, 0) is 0 Å². The van der Waals surface area contributed by atoms with Crippen molar-refractivity contribution in [3.05, 3.63) is 11.9 Å². The van der Waals surface area contributed by atoms with Gasteiger partial charge in [0.05, 0.1) is 6.67 Å². The van der Waals surface area contributed by atoms with Gasteiger partial charge in [-0.15, -0.1) is 0 Å². The molecule has 4 N–H and O–H groups in total. The highest BCUT2D eigenvalue weighted by Crippen LogP contribution is 2.42. The number of hydrogen-bond acceptors (Lipinski definition) is 3. The van der Waals surface area contributed by atoms with Crippen LogP contribution in [0.1, 0.15) is 6.42 Å². The normalized spacial score (nSPS) is 36.3. The van der Waals surface area contributed by atoms with Gasteiger partial charge in [-0.25, -0.2) is 0 Å². The Hall–Kier alpha value is -0.700. The predicted octanol–water partition coefficient (Wildman–Crippen LogP) is -0.427. The first-order valence-corrected chi connectivity index (χ1v) is 3.79. The molecule has 56 valence electrons. The van der Waals surface area contributed by atoms with Crippen molar-refractivity contribution in [3.63, 3.8) is 0 Å². The van der Waals surface area contributed by atoms with E-state index in [1.807, 2.05) is 0 Å². The number of allylic oxidation sites excluding steroid dienone is 1. The molecule has 0 unspecified atom stereocenters. The highest BCUT2D eigenvalue weighted by Gasteiger charge is 2.39. The lowest BCUT2D eigenvalue weighted by Gasteiger charge is -1.98. The summed E-state index contributed by atoms with van der Waals surface area (Å²) in [4.78, 5) is 0. The standard InChI is InChI=1S/C7H13N3/c8-2-5-1-6(5)7-3-9-4-10-7/h3,5-6,9-10H,1-2,4,8H2/t5-,6-/m1/s1. The Morgan fingerprint density at radius 1 is 1.70 bits per heavy atom. The summed E-state index contributed by atoms with van der Waals surface area (Å²) in [6.45, 7) is 1.73. The lowest BCUT2D eigenvalue weighted by molar-refractivity contribution is 0.717. The van der Waals surface area contributed by atoms with Crippen LogP contribution < -0.4 is 16.4 Å². The van der Waals surface area contributed by atoms with Gasteiger partial charge in [-0.1, -0.05) is 0 Å². The third kappa shape index (κ3) is 0.865. The Bertz CT molecular complexity index is 164. The fraction of sp³-hybridized carbons (Fsp3) is 0.714. The van der Waals surface area contributed by atoms with Crippen LogP contribution in [0.2, 0.25) is 0 Å². The van der Waals surface area contributed by atoms with Gasteiger partial charge >= 0.3 is 0 Å². The quantitative estimate of drug-likeness (QED) is 0.486. The molecule has 2 atom stereocenters. The van der Waals surface area contributed by atoms with Crippen LogP contribution in [0.3, 0.4) is 0 Å². The van der Waals surface area contributed by atoms with E-state index in [1.54, 1.807) is 0 Å². The smallest absolute Gasteiger partial charge is 0.0843 e. The summed E-state index contributed by atoms with van der Waals surface area (Å²) >= 11 is 0. The average Bonchev–Trinajstić information content (AvgIpc) is 2.56. The van der Waals surface area contributed by atoms with Crippen molar-refractivity contribution in [2.45, 2.75) is 6.42 Å². The number of nitrogens with one attached hydrogen (secondary N) is 2. The summed E-state index contributed by atoms with van der Waals surface area (Å²) in [5.41, 5.74) is 6.87. The Morgan fingerprint density at radius 2 is 2.60 bits per heavy atom. The molecule has 0 saturated heterocycles. The minimum absolute atomic E-state index is 0.736. The van der Waals surface area contributed by atoms with Crippen molar-refractivity contribution < 1.29 is 0 Å². The first-order valence-electron chi connectivity index (χ1n) is 3.79. The fourth-order valence-electron chi connectivity index (χ4n) is 1.49. The number of hydrogen-bond donors (Lipinski definition) is 3. The molecule has 1 aliphatic carbocycles. The van der Waals surface area contributed by atoms with Gasteiger partial charge in [0, 0.05) is 17.8 Å². The molecule has 0 aromatic carbocycles. The van der Waals surface area contributed by atoms with Crippen molar-refractivity contribution >= 4 is 0 Å². The van der Waals surface area contributed by atoms with Crippen molar-refractivity contribution in [1.29, 1.82) is 0 Å². The molecule has 2 rings (SSSR count). The molecular formula is C7H13N3. The van der Waals surface area contributed by atoms with Crippen LogP contribution >= 0.6 is 0 Å². The summed E-state index contributed by atoms with van der Waals surface area (Å²) < 4.78 is 0. The lowest BCUT2D eigenvalue weighted by atomic mass is 10.2. The van der Waals surface area contributed by atoms with Gasteiger partial charge < -0.3 is 16.4 Å². The molecule has 0 aromatic rings. The van der Waals surface area contributed by atoms with E-state index in [0.29, 0.717) is 0 Å². The maximum Gasteiger partial charge on any atom is 0.0843 e. The number of rotatable bonds is 2. The van der Waals surface area contributed by atoms with E-state index in [2.05, 4.69) is 16.8 Å². The number of nitrogens with two attached hydrogens (primary N) is 1. The molecule has 3 nitrogen and oxygen atoms in total. The molecule has 0 bridgehead atoms. The third-order valence-electron chi connectivity index (χ3n) is 2.28. The molecular weight excluding hydrogens is 126 g/mol. The molecule has 2 aliphatic rings. The topological polar surface area (TPSA) is 50.1 Å². The first kappa shape index (κ1) is 6.04. The monoisotopic (exact) mass is 139 g/mol. The van der Waals surface area contributed by atoms with Crippen LogP contribution in [0, 0.1) is 11.8 Å². The molecule has 0 aromatic heterocycles. The Kier molecular flexibility index (Phi) is 1.31. The SMILES string of the molecule is NC[C@H]1C[C@H]1C1=CNCN1. The molecule has 10 heavy (non-hydrogen) atoms. The molecule has 3 heteroatoms. The largest absolute Gasteiger partial charge is 0.372 e. The van der Waals surface area contributed by atoms with E-state index in [-0.39, 0.29) is 0 Å². The van der Waals surface area contributed by atoms with Crippen molar-refractivity contribution in [1.82, 2.24) is 10.6 Å². The van der Waals surface area contributed by atoms with E-state index in [4.69, 9.17) is 5.73 Å². The van der Waals surface area contributed by atoms with Crippen LogP contribution in [-0.4, -0.2) is 13.2 Å². The van der Waals surface area contributed by atoms with Crippen LogP contribution in [0.5, 0.6) is 0 Å². The zero-order valence-electron chi connectivity index (χ0n) is 5.93. The zero-order valence-corrected chi connectivity index (χ0v) is 5.93. The van der Waals surface area contributed by atoms with Crippen molar-refractivity contribution in [3.8, 4) is 0 Å². The molecule has 1 aliphatic heterocycles. The Labute approximate surface area is 60.7 Å². The molecule has 0 amide bonds.